The summed E-state index contributed by atoms with van der Waals surface area (Å²) in [7, 11) is 0. The van der Waals surface area contributed by atoms with E-state index in [4.69, 9.17) is 9.84 Å². The molecule has 3 aromatic rings. The van der Waals surface area contributed by atoms with Crippen molar-refractivity contribution < 1.29 is 14.6 Å². The first-order chi connectivity index (χ1) is 10.1. The van der Waals surface area contributed by atoms with E-state index in [1.54, 1.807) is 24.3 Å². The summed E-state index contributed by atoms with van der Waals surface area (Å²) < 4.78 is 5.28. The van der Waals surface area contributed by atoms with E-state index >= 15 is 0 Å². The maximum Gasteiger partial charge on any atom is 0.344 e. The molecule has 1 atom stereocenters. The second kappa shape index (κ2) is 5.24. The standard InChI is InChI=1S/C15H13N3O3/c1-10(15(19)20)21-12-8-6-11(7-9-12)18-16-13-4-2-3-5-14(13)17-18/h2-10H,1H3,(H,19,20). The molecule has 0 aliphatic heterocycles. The van der Waals surface area contributed by atoms with E-state index in [0.717, 1.165) is 16.7 Å². The van der Waals surface area contributed by atoms with Gasteiger partial charge in [-0.05, 0) is 43.3 Å². The molecule has 0 amide bonds. The Kier molecular flexibility index (Phi) is 3.27. The van der Waals surface area contributed by atoms with Crippen molar-refractivity contribution in [2.45, 2.75) is 13.0 Å². The summed E-state index contributed by atoms with van der Waals surface area (Å²) >= 11 is 0. The Hall–Kier alpha value is -2.89. The highest BCUT2D eigenvalue weighted by Crippen LogP contribution is 2.17. The number of nitrogens with zero attached hydrogens (tertiary/aromatic N) is 3. The fourth-order valence-electron chi connectivity index (χ4n) is 1.89. The van der Waals surface area contributed by atoms with Gasteiger partial charge in [-0.2, -0.15) is 4.80 Å². The van der Waals surface area contributed by atoms with Gasteiger partial charge in [-0.1, -0.05) is 12.1 Å². The molecule has 1 N–H and O–H groups in total. The Balaban J connectivity index is 1.85. The molecule has 1 aromatic heterocycles. The number of ether oxygens (including phenoxy) is 1. The van der Waals surface area contributed by atoms with Crippen LogP contribution in [0.15, 0.2) is 48.5 Å². The second-order valence-electron chi connectivity index (χ2n) is 4.57. The van der Waals surface area contributed by atoms with Crippen LogP contribution in [0.5, 0.6) is 5.75 Å². The SMILES string of the molecule is CC(Oc1ccc(-n2nc3ccccc3n2)cc1)C(=O)O. The summed E-state index contributed by atoms with van der Waals surface area (Å²) in [5, 5.41) is 17.6. The first-order valence-corrected chi connectivity index (χ1v) is 6.45. The van der Waals surface area contributed by atoms with Crippen LogP contribution in [0.25, 0.3) is 16.7 Å². The maximum atomic E-state index is 10.7. The minimum absolute atomic E-state index is 0.491. The minimum Gasteiger partial charge on any atom is -0.479 e. The predicted molar refractivity (Wildman–Crippen MR) is 76.6 cm³/mol. The van der Waals surface area contributed by atoms with Crippen molar-refractivity contribution in [2.24, 2.45) is 0 Å². The van der Waals surface area contributed by atoms with Crippen molar-refractivity contribution in [3.05, 3.63) is 48.5 Å². The summed E-state index contributed by atoms with van der Waals surface area (Å²) in [4.78, 5) is 12.3. The number of benzene rings is 2. The quantitative estimate of drug-likeness (QED) is 0.794. The molecule has 0 aliphatic rings. The molecule has 0 fully saturated rings. The molecule has 0 spiro atoms. The first kappa shape index (κ1) is 13.1. The average Bonchev–Trinajstić information content (AvgIpc) is 2.91. The third-order valence-corrected chi connectivity index (χ3v) is 3.01. The number of hydrogen-bond acceptors (Lipinski definition) is 4. The van der Waals surface area contributed by atoms with Gasteiger partial charge in [0.2, 0.25) is 0 Å². The third-order valence-electron chi connectivity index (χ3n) is 3.01. The number of aliphatic carboxylic acids is 1. The van der Waals surface area contributed by atoms with Gasteiger partial charge in [-0.3, -0.25) is 0 Å². The van der Waals surface area contributed by atoms with Gasteiger partial charge in [0.1, 0.15) is 16.8 Å². The molecule has 0 radical (unpaired) electrons. The van der Waals surface area contributed by atoms with Gasteiger partial charge in [-0.15, -0.1) is 10.2 Å². The van der Waals surface area contributed by atoms with Crippen molar-refractivity contribution in [2.75, 3.05) is 0 Å². The average molecular weight is 283 g/mol. The lowest BCUT2D eigenvalue weighted by Crippen LogP contribution is -2.22. The molecule has 1 unspecified atom stereocenters. The Bertz CT molecular complexity index is 747. The van der Waals surface area contributed by atoms with E-state index in [1.807, 2.05) is 24.3 Å². The number of fused-ring (bicyclic) bond motifs is 1. The molecule has 0 saturated carbocycles. The van der Waals surface area contributed by atoms with Gasteiger partial charge < -0.3 is 9.84 Å². The normalized spacial score (nSPS) is 12.2. The number of carbonyl (C=O) groups is 1. The van der Waals surface area contributed by atoms with Gasteiger partial charge in [0.25, 0.3) is 0 Å². The largest absolute Gasteiger partial charge is 0.479 e. The second-order valence-corrected chi connectivity index (χ2v) is 4.57. The number of rotatable bonds is 4. The van der Waals surface area contributed by atoms with Crippen molar-refractivity contribution in [1.29, 1.82) is 0 Å². The number of carboxylic acids is 1. The van der Waals surface area contributed by atoms with Crippen LogP contribution in [0, 0.1) is 0 Å². The van der Waals surface area contributed by atoms with Crippen LogP contribution in [0.2, 0.25) is 0 Å². The summed E-state index contributed by atoms with van der Waals surface area (Å²) in [5.74, 6) is -0.510. The van der Waals surface area contributed by atoms with Crippen LogP contribution in [0.1, 0.15) is 6.92 Å². The fourth-order valence-corrected chi connectivity index (χ4v) is 1.89. The van der Waals surface area contributed by atoms with Gasteiger partial charge in [0.05, 0.1) is 5.69 Å². The van der Waals surface area contributed by atoms with Crippen molar-refractivity contribution in [3.63, 3.8) is 0 Å². The van der Waals surface area contributed by atoms with E-state index in [9.17, 15) is 4.79 Å². The van der Waals surface area contributed by atoms with Crippen LogP contribution in [0.3, 0.4) is 0 Å². The zero-order chi connectivity index (χ0) is 14.8. The lowest BCUT2D eigenvalue weighted by Gasteiger charge is -2.10. The summed E-state index contributed by atoms with van der Waals surface area (Å²) in [6, 6.07) is 14.6. The van der Waals surface area contributed by atoms with E-state index in [2.05, 4.69) is 10.2 Å². The van der Waals surface area contributed by atoms with E-state index < -0.39 is 12.1 Å². The Morgan fingerprint density at radius 3 is 2.19 bits per heavy atom. The molecule has 106 valence electrons. The molecule has 3 rings (SSSR count). The smallest absolute Gasteiger partial charge is 0.344 e. The molecular formula is C15H13N3O3. The lowest BCUT2D eigenvalue weighted by molar-refractivity contribution is -0.144. The monoisotopic (exact) mass is 283 g/mol. The minimum atomic E-state index is -1.00. The van der Waals surface area contributed by atoms with Crippen molar-refractivity contribution in [1.82, 2.24) is 15.0 Å². The van der Waals surface area contributed by atoms with E-state index in [0.29, 0.717) is 5.75 Å². The number of aromatic nitrogens is 3. The van der Waals surface area contributed by atoms with Crippen LogP contribution in [-0.2, 0) is 4.79 Å². The van der Waals surface area contributed by atoms with Crippen molar-refractivity contribution >= 4 is 17.0 Å². The molecule has 2 aromatic carbocycles. The van der Waals surface area contributed by atoms with Gasteiger partial charge in [0.15, 0.2) is 6.10 Å². The molecule has 0 saturated heterocycles. The molecular weight excluding hydrogens is 270 g/mol. The Morgan fingerprint density at radius 1 is 1.10 bits per heavy atom. The predicted octanol–water partition coefficient (Wildman–Crippen LogP) is 2.27. The zero-order valence-electron chi connectivity index (χ0n) is 11.3. The van der Waals surface area contributed by atoms with Crippen molar-refractivity contribution in [3.8, 4) is 11.4 Å². The summed E-state index contributed by atoms with van der Waals surface area (Å²) in [6.07, 6.45) is -0.888. The highest BCUT2D eigenvalue weighted by Gasteiger charge is 2.12. The Morgan fingerprint density at radius 2 is 1.67 bits per heavy atom. The topological polar surface area (TPSA) is 77.2 Å². The highest BCUT2D eigenvalue weighted by atomic mass is 16.5. The number of carboxylic acid groups (broad SMARTS) is 1. The molecule has 6 nitrogen and oxygen atoms in total. The third kappa shape index (κ3) is 2.69. The molecule has 0 aliphatic carbocycles. The van der Waals surface area contributed by atoms with Crippen LogP contribution in [0.4, 0.5) is 0 Å². The van der Waals surface area contributed by atoms with Gasteiger partial charge >= 0.3 is 5.97 Å². The van der Waals surface area contributed by atoms with E-state index in [-0.39, 0.29) is 0 Å². The highest BCUT2D eigenvalue weighted by molar-refractivity contribution is 5.73. The first-order valence-electron chi connectivity index (χ1n) is 6.45. The summed E-state index contributed by atoms with van der Waals surface area (Å²) in [6.45, 7) is 1.48. The maximum absolute atomic E-state index is 10.7. The van der Waals surface area contributed by atoms with Crippen LogP contribution < -0.4 is 4.74 Å². The molecule has 6 heteroatoms. The number of hydrogen-bond donors (Lipinski definition) is 1. The van der Waals surface area contributed by atoms with Crippen LogP contribution >= 0.6 is 0 Å². The zero-order valence-corrected chi connectivity index (χ0v) is 11.3. The lowest BCUT2D eigenvalue weighted by atomic mass is 10.3. The fraction of sp³-hybridized carbons (Fsp3) is 0.133. The van der Waals surface area contributed by atoms with Crippen LogP contribution in [-0.4, -0.2) is 32.2 Å². The molecule has 21 heavy (non-hydrogen) atoms. The van der Waals surface area contributed by atoms with Gasteiger partial charge in [-0.25, -0.2) is 4.79 Å². The Labute approximate surface area is 120 Å². The summed E-state index contributed by atoms with van der Waals surface area (Å²) in [5.41, 5.74) is 2.41. The molecule has 0 bridgehead atoms. The molecule has 1 heterocycles. The van der Waals surface area contributed by atoms with Gasteiger partial charge in [0, 0.05) is 0 Å². The van der Waals surface area contributed by atoms with E-state index in [1.165, 1.54) is 11.7 Å².